The second-order valence-electron chi connectivity index (χ2n) is 10.4. The van der Waals surface area contributed by atoms with Gasteiger partial charge in [-0.3, -0.25) is 4.79 Å². The first-order chi connectivity index (χ1) is 13.8. The Morgan fingerprint density at radius 1 is 1.10 bits per heavy atom. The number of fused-ring (bicyclic) bond motifs is 5. The Bertz CT molecular complexity index is 915. The van der Waals surface area contributed by atoms with E-state index in [1.54, 1.807) is 0 Å². The van der Waals surface area contributed by atoms with Crippen LogP contribution in [0.1, 0.15) is 64.4 Å². The molecular weight excluding hydrogens is 424 g/mol. The molecule has 0 saturated heterocycles. The van der Waals surface area contributed by atoms with Crippen LogP contribution >= 0.6 is 15.9 Å². The summed E-state index contributed by atoms with van der Waals surface area (Å²) >= 11 is 3.55. The first-order valence-corrected chi connectivity index (χ1v) is 12.0. The molecule has 4 aliphatic carbocycles. The highest BCUT2D eigenvalue weighted by Gasteiger charge is 2.59. The van der Waals surface area contributed by atoms with Crippen LogP contribution in [0.4, 0.5) is 0 Å². The lowest BCUT2D eigenvalue weighted by Gasteiger charge is -2.56. The second kappa shape index (κ2) is 6.92. The van der Waals surface area contributed by atoms with Gasteiger partial charge in [-0.15, -0.1) is 0 Å². The first-order valence-electron chi connectivity index (χ1n) is 11.2. The van der Waals surface area contributed by atoms with E-state index in [4.69, 9.17) is 0 Å². The van der Waals surface area contributed by atoms with Crippen LogP contribution in [-0.2, 0) is 4.79 Å². The van der Waals surface area contributed by atoms with Crippen molar-refractivity contribution in [1.82, 2.24) is 0 Å². The van der Waals surface area contributed by atoms with Crippen molar-refractivity contribution in [3.8, 4) is 0 Å². The van der Waals surface area contributed by atoms with Crippen LogP contribution in [0.5, 0.6) is 0 Å². The number of allylic oxidation sites excluding steroid dienone is 2. The van der Waals surface area contributed by atoms with E-state index in [1.165, 1.54) is 5.57 Å². The van der Waals surface area contributed by atoms with E-state index in [2.05, 4.69) is 54.1 Å². The number of Topliss-reactive ketones (excluding diaryl/α,β-unsaturated/α-hetero) is 1. The molecule has 0 spiro atoms. The van der Waals surface area contributed by atoms with Crippen LogP contribution in [0, 0.1) is 28.6 Å². The third-order valence-electron chi connectivity index (χ3n) is 8.91. The molecule has 1 aromatic rings. The van der Waals surface area contributed by atoms with E-state index in [0.717, 1.165) is 60.6 Å². The Balaban J connectivity index is 1.48. The van der Waals surface area contributed by atoms with Crippen molar-refractivity contribution in [2.24, 2.45) is 28.6 Å². The van der Waals surface area contributed by atoms with E-state index in [9.17, 15) is 9.90 Å². The quantitative estimate of drug-likeness (QED) is 0.397. The summed E-state index contributed by atoms with van der Waals surface area (Å²) in [5, 5.41) is 10.2. The second-order valence-corrected chi connectivity index (χ2v) is 11.3. The number of hydrogen-bond donors (Lipinski definition) is 1. The highest BCUT2D eigenvalue weighted by Crippen LogP contribution is 2.64. The van der Waals surface area contributed by atoms with Gasteiger partial charge in [0.25, 0.3) is 0 Å². The van der Waals surface area contributed by atoms with Crippen LogP contribution in [0.15, 0.2) is 46.0 Å². The zero-order valence-electron chi connectivity index (χ0n) is 17.5. The molecule has 4 aliphatic rings. The molecule has 154 valence electrons. The zero-order chi connectivity index (χ0) is 20.4. The molecule has 3 heteroatoms. The molecule has 0 radical (unpaired) electrons. The topological polar surface area (TPSA) is 37.3 Å². The number of rotatable bonds is 1. The Morgan fingerprint density at radius 3 is 2.69 bits per heavy atom. The number of benzene rings is 1. The fraction of sp³-hybridized carbons (Fsp3) is 0.577. The van der Waals surface area contributed by atoms with Crippen molar-refractivity contribution in [1.29, 1.82) is 0 Å². The Labute approximate surface area is 182 Å². The van der Waals surface area contributed by atoms with Crippen molar-refractivity contribution in [2.75, 3.05) is 0 Å². The van der Waals surface area contributed by atoms with Crippen LogP contribution in [0.3, 0.4) is 0 Å². The van der Waals surface area contributed by atoms with Crippen molar-refractivity contribution in [2.45, 2.75) is 64.9 Å². The highest BCUT2D eigenvalue weighted by molar-refractivity contribution is 9.10. The Kier molecular flexibility index (Phi) is 4.71. The van der Waals surface area contributed by atoms with Gasteiger partial charge in [0.2, 0.25) is 0 Å². The molecule has 2 nitrogen and oxygen atoms in total. The van der Waals surface area contributed by atoms with Gasteiger partial charge in [0.05, 0.1) is 6.10 Å². The number of ketones is 1. The first kappa shape index (κ1) is 19.8. The summed E-state index contributed by atoms with van der Waals surface area (Å²) in [6.07, 6.45) is 11.5. The molecular formula is C26H31BrO2. The average Bonchev–Trinajstić information content (AvgIpc) is 2.93. The van der Waals surface area contributed by atoms with Gasteiger partial charge in [-0.05, 0) is 97.5 Å². The maximum absolute atomic E-state index is 13.5. The van der Waals surface area contributed by atoms with Gasteiger partial charge in [-0.2, -0.15) is 0 Å². The predicted molar refractivity (Wildman–Crippen MR) is 120 cm³/mol. The molecule has 0 heterocycles. The smallest absolute Gasteiger partial charge is 0.165 e. The van der Waals surface area contributed by atoms with E-state index in [0.29, 0.717) is 23.5 Å². The van der Waals surface area contributed by atoms with Gasteiger partial charge >= 0.3 is 0 Å². The molecule has 29 heavy (non-hydrogen) atoms. The Morgan fingerprint density at radius 2 is 1.90 bits per heavy atom. The number of aliphatic hydroxyl groups excluding tert-OH is 1. The Hall–Kier alpha value is -1.19. The number of carbonyl (C=O) groups excluding carboxylic acids is 1. The summed E-state index contributed by atoms with van der Waals surface area (Å²) < 4.78 is 1.05. The molecule has 1 N–H and O–H groups in total. The number of carbonyl (C=O) groups is 1. The molecule has 3 saturated carbocycles. The minimum Gasteiger partial charge on any atom is -0.393 e. The van der Waals surface area contributed by atoms with E-state index in [-0.39, 0.29) is 16.9 Å². The fourth-order valence-electron chi connectivity index (χ4n) is 7.24. The van der Waals surface area contributed by atoms with Gasteiger partial charge in [-0.25, -0.2) is 0 Å². The molecule has 0 aromatic heterocycles. The van der Waals surface area contributed by atoms with Crippen molar-refractivity contribution in [3.63, 3.8) is 0 Å². The molecule has 0 bridgehead atoms. The van der Waals surface area contributed by atoms with Crippen LogP contribution in [0.2, 0.25) is 0 Å². The monoisotopic (exact) mass is 454 g/mol. The molecule has 0 amide bonds. The number of aliphatic hydroxyl groups is 1. The lowest BCUT2D eigenvalue weighted by atomic mass is 9.48. The van der Waals surface area contributed by atoms with E-state index >= 15 is 0 Å². The third-order valence-corrected chi connectivity index (χ3v) is 9.40. The maximum Gasteiger partial charge on any atom is 0.165 e. The third kappa shape index (κ3) is 3.03. The highest BCUT2D eigenvalue weighted by atomic mass is 79.9. The van der Waals surface area contributed by atoms with Gasteiger partial charge < -0.3 is 5.11 Å². The summed E-state index contributed by atoms with van der Waals surface area (Å²) in [6.45, 7) is 4.68. The molecule has 3 fully saturated rings. The van der Waals surface area contributed by atoms with Crippen molar-refractivity contribution in [3.05, 3.63) is 51.5 Å². The van der Waals surface area contributed by atoms with Crippen molar-refractivity contribution < 1.29 is 9.90 Å². The fourth-order valence-corrected chi connectivity index (χ4v) is 7.66. The summed E-state index contributed by atoms with van der Waals surface area (Å²) in [6, 6.07) is 8.24. The minimum atomic E-state index is -0.200. The SMILES string of the molecule is C[C@]12CC[C@@H](O)CC1=CC[C@H]1[C@H]2CC[C@]2(C)C(=O)/C(=C/c3cccc(Br)c3)C[C@H]12. The van der Waals surface area contributed by atoms with E-state index < -0.39 is 0 Å². The average molecular weight is 455 g/mol. The lowest BCUT2D eigenvalue weighted by Crippen LogP contribution is -2.50. The summed E-state index contributed by atoms with van der Waals surface area (Å²) in [4.78, 5) is 13.5. The molecule has 6 atom stereocenters. The molecule has 0 aliphatic heterocycles. The lowest BCUT2D eigenvalue weighted by molar-refractivity contribution is -0.130. The van der Waals surface area contributed by atoms with Gasteiger partial charge in [0.15, 0.2) is 5.78 Å². The van der Waals surface area contributed by atoms with E-state index in [1.807, 2.05) is 12.1 Å². The van der Waals surface area contributed by atoms with Crippen LogP contribution in [-0.4, -0.2) is 17.0 Å². The summed E-state index contributed by atoms with van der Waals surface area (Å²) in [5.74, 6) is 2.09. The van der Waals surface area contributed by atoms with Gasteiger partial charge in [0.1, 0.15) is 0 Å². The normalized spacial score (nSPS) is 42.8. The van der Waals surface area contributed by atoms with Crippen LogP contribution in [0.25, 0.3) is 6.08 Å². The van der Waals surface area contributed by atoms with Crippen molar-refractivity contribution >= 4 is 27.8 Å². The zero-order valence-corrected chi connectivity index (χ0v) is 19.0. The molecule has 1 aromatic carbocycles. The number of halogens is 1. The number of hydrogen-bond acceptors (Lipinski definition) is 2. The molecule has 5 rings (SSSR count). The summed E-state index contributed by atoms with van der Waals surface area (Å²) in [7, 11) is 0. The largest absolute Gasteiger partial charge is 0.393 e. The minimum absolute atomic E-state index is 0.160. The summed E-state index contributed by atoms with van der Waals surface area (Å²) in [5.41, 5.74) is 3.66. The standard InChI is InChI=1S/C26H31BrO2/c1-25-10-8-20(28)15-18(25)6-7-21-22(25)9-11-26(2)23(21)14-17(24(26)29)12-16-4-3-5-19(27)13-16/h3-6,12-13,20-23,28H,7-11,14-15H2,1-2H3/b17-12+/t20-,21+,22-,23-,25+,26+/m1/s1. The van der Waals surface area contributed by atoms with Crippen LogP contribution < -0.4 is 0 Å². The van der Waals surface area contributed by atoms with Gasteiger partial charge in [0, 0.05) is 9.89 Å². The maximum atomic E-state index is 13.5. The molecule has 0 unspecified atom stereocenters. The van der Waals surface area contributed by atoms with Gasteiger partial charge in [-0.1, -0.05) is 53.6 Å². The predicted octanol–water partition coefficient (Wildman–Crippen LogP) is 6.34.